The summed E-state index contributed by atoms with van der Waals surface area (Å²) in [4.78, 5) is 14.9. The van der Waals surface area contributed by atoms with E-state index >= 15 is 0 Å². The summed E-state index contributed by atoms with van der Waals surface area (Å²) in [6.45, 7) is 3.76. The minimum absolute atomic E-state index is 0.172. The van der Waals surface area contributed by atoms with Gasteiger partial charge < -0.3 is 10.1 Å². The monoisotopic (exact) mass is 465 g/mol. The van der Waals surface area contributed by atoms with E-state index in [4.69, 9.17) is 4.74 Å². The topological polar surface area (TPSA) is 79.0 Å². The summed E-state index contributed by atoms with van der Waals surface area (Å²) in [6.07, 6.45) is 0. The largest absolute Gasteiger partial charge is 0.455 e. The van der Waals surface area contributed by atoms with Crippen LogP contribution < -0.4 is 10.1 Å². The van der Waals surface area contributed by atoms with Gasteiger partial charge in [0, 0.05) is 26.2 Å². The lowest BCUT2D eigenvalue weighted by Gasteiger charge is -2.33. The van der Waals surface area contributed by atoms with Crippen molar-refractivity contribution >= 4 is 21.6 Å². The zero-order valence-electron chi connectivity index (χ0n) is 18.5. The quantitative estimate of drug-likeness (QED) is 0.575. The molecule has 1 heterocycles. The van der Waals surface area contributed by atoms with Crippen molar-refractivity contribution in [3.8, 4) is 11.5 Å². The Morgan fingerprint density at radius 2 is 1.52 bits per heavy atom. The molecule has 0 saturated carbocycles. The van der Waals surface area contributed by atoms with Gasteiger partial charge in [-0.15, -0.1) is 0 Å². The van der Waals surface area contributed by atoms with Crippen LogP contribution in [0.3, 0.4) is 0 Å². The smallest absolute Gasteiger partial charge is 0.243 e. The third-order valence-corrected chi connectivity index (χ3v) is 7.40. The summed E-state index contributed by atoms with van der Waals surface area (Å²) in [5.41, 5.74) is 1.60. The van der Waals surface area contributed by atoms with Crippen LogP contribution in [0.4, 0.5) is 5.69 Å². The first-order valence-corrected chi connectivity index (χ1v) is 12.3. The summed E-state index contributed by atoms with van der Waals surface area (Å²) >= 11 is 0. The van der Waals surface area contributed by atoms with Crippen LogP contribution in [0.15, 0.2) is 83.8 Å². The predicted octanol–water partition coefficient (Wildman–Crippen LogP) is 3.73. The van der Waals surface area contributed by atoms with Gasteiger partial charge in [-0.1, -0.05) is 48.0 Å². The highest BCUT2D eigenvalue weighted by molar-refractivity contribution is 7.89. The van der Waals surface area contributed by atoms with E-state index < -0.39 is 10.0 Å². The van der Waals surface area contributed by atoms with Crippen LogP contribution in [-0.4, -0.2) is 56.3 Å². The fourth-order valence-corrected chi connectivity index (χ4v) is 5.08. The third kappa shape index (κ3) is 5.78. The molecule has 0 spiro atoms. The Hall–Kier alpha value is -3.20. The Bertz CT molecular complexity index is 1190. The van der Waals surface area contributed by atoms with Gasteiger partial charge in [0.2, 0.25) is 15.9 Å². The average Bonchev–Trinajstić information content (AvgIpc) is 2.82. The number of benzene rings is 3. The van der Waals surface area contributed by atoms with Gasteiger partial charge in [-0.05, 0) is 43.3 Å². The van der Waals surface area contributed by atoms with Crippen LogP contribution in [0, 0.1) is 6.92 Å². The summed E-state index contributed by atoms with van der Waals surface area (Å²) < 4.78 is 33.1. The molecule has 172 valence electrons. The highest BCUT2D eigenvalue weighted by Crippen LogP contribution is 2.29. The Labute approximate surface area is 194 Å². The molecule has 1 N–H and O–H groups in total. The molecular formula is C25H27N3O4S. The minimum atomic E-state index is -3.53. The van der Waals surface area contributed by atoms with E-state index in [0.29, 0.717) is 48.3 Å². The number of hydrogen-bond donors (Lipinski definition) is 1. The average molecular weight is 466 g/mol. The maximum Gasteiger partial charge on any atom is 0.243 e. The molecule has 7 nitrogen and oxygen atoms in total. The Morgan fingerprint density at radius 1 is 0.879 bits per heavy atom. The number of hydrogen-bond acceptors (Lipinski definition) is 5. The molecule has 33 heavy (non-hydrogen) atoms. The van der Waals surface area contributed by atoms with Gasteiger partial charge >= 0.3 is 0 Å². The summed E-state index contributed by atoms with van der Waals surface area (Å²) in [5, 5.41) is 2.91. The standard InChI is InChI=1S/C25H27N3O4S/c1-20-11-13-22(14-12-20)33(30,31)28-17-15-27(16-18-28)19-25(29)26-23-9-5-6-10-24(23)32-21-7-3-2-4-8-21/h2-14H,15-19H2,1H3,(H,26,29). The van der Waals surface area contributed by atoms with Gasteiger partial charge in [0.25, 0.3) is 0 Å². The molecule has 1 amide bonds. The molecule has 3 aromatic carbocycles. The number of amides is 1. The number of para-hydroxylation sites is 3. The Morgan fingerprint density at radius 3 is 2.21 bits per heavy atom. The molecule has 0 bridgehead atoms. The molecule has 0 unspecified atom stereocenters. The first kappa shape index (κ1) is 23.0. The van der Waals surface area contributed by atoms with E-state index in [1.807, 2.05) is 54.3 Å². The molecule has 0 radical (unpaired) electrons. The molecule has 1 aliphatic rings. The molecule has 8 heteroatoms. The highest BCUT2D eigenvalue weighted by Gasteiger charge is 2.29. The van der Waals surface area contributed by atoms with E-state index in [1.165, 1.54) is 4.31 Å². The van der Waals surface area contributed by atoms with Crippen molar-refractivity contribution in [1.29, 1.82) is 0 Å². The lowest BCUT2D eigenvalue weighted by atomic mass is 10.2. The number of piperazine rings is 1. The van der Waals surface area contributed by atoms with Gasteiger partial charge in [-0.3, -0.25) is 9.69 Å². The normalized spacial score (nSPS) is 15.2. The Balaban J connectivity index is 1.32. The van der Waals surface area contributed by atoms with E-state index in [-0.39, 0.29) is 12.5 Å². The number of aryl methyl sites for hydroxylation is 1. The van der Waals surface area contributed by atoms with Crippen LogP contribution in [0.5, 0.6) is 11.5 Å². The molecule has 0 aliphatic carbocycles. The van der Waals surface area contributed by atoms with Crippen molar-refractivity contribution in [2.24, 2.45) is 0 Å². The predicted molar refractivity (Wildman–Crippen MR) is 128 cm³/mol. The van der Waals surface area contributed by atoms with E-state index in [0.717, 1.165) is 5.56 Å². The molecule has 0 aromatic heterocycles. The number of rotatable bonds is 7. The summed E-state index contributed by atoms with van der Waals surface area (Å²) in [7, 11) is -3.53. The molecule has 1 aliphatic heterocycles. The molecule has 1 fully saturated rings. The number of ether oxygens (including phenoxy) is 1. The Kier molecular flexibility index (Phi) is 7.08. The zero-order valence-corrected chi connectivity index (χ0v) is 19.3. The van der Waals surface area contributed by atoms with Crippen LogP contribution in [-0.2, 0) is 14.8 Å². The first-order chi connectivity index (χ1) is 15.9. The maximum atomic E-state index is 12.9. The fraction of sp³-hybridized carbons (Fsp3) is 0.240. The summed E-state index contributed by atoms with van der Waals surface area (Å²) in [5.74, 6) is 1.07. The van der Waals surface area contributed by atoms with E-state index in [9.17, 15) is 13.2 Å². The van der Waals surface area contributed by atoms with Gasteiger partial charge in [0.05, 0.1) is 17.1 Å². The van der Waals surface area contributed by atoms with Gasteiger partial charge in [0.15, 0.2) is 5.75 Å². The van der Waals surface area contributed by atoms with Crippen molar-refractivity contribution < 1.29 is 17.9 Å². The number of sulfonamides is 1. The summed E-state index contributed by atoms with van der Waals surface area (Å²) in [6, 6.07) is 23.5. The third-order valence-electron chi connectivity index (χ3n) is 5.49. The lowest BCUT2D eigenvalue weighted by Crippen LogP contribution is -2.50. The lowest BCUT2D eigenvalue weighted by molar-refractivity contribution is -0.117. The second kappa shape index (κ2) is 10.2. The highest BCUT2D eigenvalue weighted by atomic mass is 32.2. The van der Waals surface area contributed by atoms with Gasteiger partial charge in [-0.25, -0.2) is 8.42 Å². The van der Waals surface area contributed by atoms with Crippen LogP contribution >= 0.6 is 0 Å². The molecule has 3 aromatic rings. The van der Waals surface area contributed by atoms with Gasteiger partial charge in [-0.2, -0.15) is 4.31 Å². The first-order valence-electron chi connectivity index (χ1n) is 10.8. The number of nitrogens with zero attached hydrogens (tertiary/aromatic N) is 2. The van der Waals surface area contributed by atoms with Crippen LogP contribution in [0.2, 0.25) is 0 Å². The fourth-order valence-electron chi connectivity index (χ4n) is 3.65. The molecule has 1 saturated heterocycles. The maximum absolute atomic E-state index is 12.9. The number of anilines is 1. The SMILES string of the molecule is Cc1ccc(S(=O)(=O)N2CCN(CC(=O)Nc3ccccc3Oc3ccccc3)CC2)cc1. The number of carbonyl (C=O) groups is 1. The minimum Gasteiger partial charge on any atom is -0.455 e. The molecule has 4 rings (SSSR count). The van der Waals surface area contributed by atoms with E-state index in [1.54, 1.807) is 36.4 Å². The van der Waals surface area contributed by atoms with Crippen molar-refractivity contribution in [1.82, 2.24) is 9.21 Å². The number of carbonyl (C=O) groups excluding carboxylic acids is 1. The zero-order chi connectivity index (χ0) is 23.3. The van der Waals surface area contributed by atoms with Crippen molar-refractivity contribution in [3.05, 3.63) is 84.4 Å². The second-order valence-corrected chi connectivity index (χ2v) is 9.89. The number of nitrogens with one attached hydrogen (secondary N) is 1. The van der Waals surface area contributed by atoms with Crippen LogP contribution in [0.25, 0.3) is 0 Å². The van der Waals surface area contributed by atoms with Crippen LogP contribution in [0.1, 0.15) is 5.56 Å². The van der Waals surface area contributed by atoms with Gasteiger partial charge in [0.1, 0.15) is 5.75 Å². The van der Waals surface area contributed by atoms with Crippen molar-refractivity contribution in [2.75, 3.05) is 38.0 Å². The second-order valence-electron chi connectivity index (χ2n) is 7.95. The molecule has 0 atom stereocenters. The van der Waals surface area contributed by atoms with E-state index in [2.05, 4.69) is 5.32 Å². The van der Waals surface area contributed by atoms with Crippen molar-refractivity contribution in [2.45, 2.75) is 11.8 Å². The van der Waals surface area contributed by atoms with Crippen molar-refractivity contribution in [3.63, 3.8) is 0 Å². The molecular weight excluding hydrogens is 438 g/mol.